The molecular weight excluding hydrogens is 776 g/mol. The summed E-state index contributed by atoms with van der Waals surface area (Å²) >= 11 is 0. The third-order valence-electron chi connectivity index (χ3n) is 12.7. The van der Waals surface area contributed by atoms with Gasteiger partial charge in [-0.3, -0.25) is 14.6 Å². The summed E-state index contributed by atoms with van der Waals surface area (Å²) < 4.78 is 43.8. The summed E-state index contributed by atoms with van der Waals surface area (Å²) in [6.45, 7) is 15.7. The van der Waals surface area contributed by atoms with Gasteiger partial charge in [0.05, 0.1) is 35.9 Å². The van der Waals surface area contributed by atoms with Crippen LogP contribution in [-0.4, -0.2) is 140 Å². The summed E-state index contributed by atoms with van der Waals surface area (Å²) in [7, 11) is 6.80. The van der Waals surface area contributed by atoms with Crippen molar-refractivity contribution in [2.45, 2.75) is 160 Å². The van der Waals surface area contributed by atoms with Gasteiger partial charge >= 0.3 is 18.1 Å². The van der Waals surface area contributed by atoms with E-state index in [-0.39, 0.29) is 37.3 Å². The van der Waals surface area contributed by atoms with E-state index in [1.165, 1.54) is 12.7 Å². The third kappa shape index (κ3) is 11.9. The number of pyridine rings is 1. The molecule has 3 fully saturated rings. The lowest BCUT2D eigenvalue weighted by Gasteiger charge is -2.48. The van der Waals surface area contributed by atoms with Crippen molar-refractivity contribution in [3.8, 4) is 0 Å². The van der Waals surface area contributed by atoms with Crippen LogP contribution in [0.15, 0.2) is 29.7 Å². The Hall–Kier alpha value is -3.41. The molecule has 3 saturated heterocycles. The number of aromatic nitrogens is 1. The summed E-state index contributed by atoms with van der Waals surface area (Å²) in [5.41, 5.74) is -0.849. The molecule has 16 nitrogen and oxygen atoms in total. The van der Waals surface area contributed by atoms with Crippen molar-refractivity contribution in [1.29, 1.82) is 0 Å². The fourth-order valence-electron chi connectivity index (χ4n) is 9.34. The smallest absolute Gasteiger partial charge is 0.461 e. The minimum absolute atomic E-state index is 0.0452. The first kappa shape index (κ1) is 49.2. The van der Waals surface area contributed by atoms with Crippen LogP contribution in [0.4, 0.5) is 4.79 Å². The van der Waals surface area contributed by atoms with Crippen LogP contribution >= 0.6 is 0 Å². The van der Waals surface area contributed by atoms with E-state index in [1.54, 1.807) is 27.2 Å². The van der Waals surface area contributed by atoms with Crippen molar-refractivity contribution >= 4 is 23.8 Å². The molecule has 3 aliphatic heterocycles. The lowest BCUT2D eigenvalue weighted by Crippen LogP contribution is -2.60. The summed E-state index contributed by atoms with van der Waals surface area (Å²) in [6, 6.07) is 3.71. The number of methoxy groups -OCH3 is 1. The number of nitrogens with one attached hydrogen (secondary N) is 1. The summed E-state index contributed by atoms with van der Waals surface area (Å²) in [5.74, 6) is -3.89. The Morgan fingerprint density at radius 3 is 2.43 bits per heavy atom. The predicted molar refractivity (Wildman–Crippen MR) is 223 cm³/mol. The van der Waals surface area contributed by atoms with Crippen LogP contribution in [0.3, 0.4) is 0 Å². The molecule has 14 atom stereocenters. The molecule has 2 N–H and O–H groups in total. The Bertz CT molecular complexity index is 1570. The fourth-order valence-corrected chi connectivity index (χ4v) is 9.34. The highest BCUT2D eigenvalue weighted by Gasteiger charge is 2.59. The van der Waals surface area contributed by atoms with Gasteiger partial charge in [-0.25, -0.2) is 4.79 Å². The lowest BCUT2D eigenvalue weighted by molar-refractivity contribution is -0.301. The Morgan fingerprint density at radius 1 is 1.07 bits per heavy atom. The number of carbonyl (C=O) groups excluding carboxylic acids is 3. The highest BCUT2D eigenvalue weighted by molar-refractivity contribution is 5.89. The number of cyclic esters (lactones) is 1. The minimum atomic E-state index is -1.40. The van der Waals surface area contributed by atoms with E-state index in [2.05, 4.69) is 21.5 Å². The molecule has 0 unspecified atom stereocenters. The number of ether oxygens (including phenoxy) is 7. The van der Waals surface area contributed by atoms with Crippen LogP contribution < -0.4 is 5.32 Å². The molecule has 0 saturated carbocycles. The maximum absolute atomic E-state index is 14.4. The van der Waals surface area contributed by atoms with Crippen molar-refractivity contribution in [1.82, 2.24) is 15.2 Å². The lowest BCUT2D eigenvalue weighted by atomic mass is 9.73. The van der Waals surface area contributed by atoms with E-state index in [1.807, 2.05) is 72.8 Å². The maximum atomic E-state index is 14.4. The standard InChI is InChI=1S/C44H72N4O12/c1-13-33-44(8)39(59-42(52)60-44)28(4)35(47-54-12)26(2)24-43(7,53-11)38(58-41-36(50)32(48(9)10)23-27(3)55-41)29(5)37(30(6)40(51)56-33)57-34(49)19-22-45-20-15-14-17-31-18-16-21-46-25-31/h16,18,21,25-30,32-33,36-39,41,45,50H,13-15,17,19-20,22-24H2,1-12H3/b47-35+/t26-,27-,28+,29+,30-,32+,33-,36-,37+,38-,39-,41+,43-,44-/m1/s1. The number of nitrogens with zero attached hydrogens (tertiary/aromatic N) is 3. The van der Waals surface area contributed by atoms with Crippen LogP contribution in [0.1, 0.15) is 99.5 Å². The summed E-state index contributed by atoms with van der Waals surface area (Å²) in [5, 5.41) is 19.5. The Balaban J connectivity index is 1.71. The number of oxime groups is 1. The van der Waals surface area contributed by atoms with Gasteiger partial charge in [0.25, 0.3) is 0 Å². The highest BCUT2D eigenvalue weighted by atomic mass is 16.8. The van der Waals surface area contributed by atoms with Gasteiger partial charge in [0, 0.05) is 49.8 Å². The predicted octanol–water partition coefficient (Wildman–Crippen LogP) is 5.08. The SMILES string of the molecule is CC[C@H]1OC(=O)[C@H](C)[C@@H](OC(=O)CCNCCCCc2cccnc2)[C@H](C)[C@@H](O[C@@H]2O[C@H](C)C[C@H](N(C)C)[C@H]2O)[C@](C)(OC)C[C@@H](C)/C(=N\OC)[C@H](C)[C@H]2OC(=O)O[C@@]21C. The molecule has 340 valence electrons. The second kappa shape index (κ2) is 22.1. The van der Waals surface area contributed by atoms with Crippen molar-refractivity contribution < 1.29 is 57.5 Å². The van der Waals surface area contributed by atoms with Gasteiger partial charge in [0.2, 0.25) is 0 Å². The van der Waals surface area contributed by atoms with E-state index in [0.717, 1.165) is 19.3 Å². The van der Waals surface area contributed by atoms with Crippen LogP contribution in [0, 0.1) is 23.7 Å². The van der Waals surface area contributed by atoms with E-state index in [9.17, 15) is 19.5 Å². The Morgan fingerprint density at radius 2 is 1.80 bits per heavy atom. The van der Waals surface area contributed by atoms with Crippen LogP contribution in [0.25, 0.3) is 0 Å². The Labute approximate surface area is 356 Å². The third-order valence-corrected chi connectivity index (χ3v) is 12.7. The van der Waals surface area contributed by atoms with Gasteiger partial charge in [-0.2, -0.15) is 0 Å². The van der Waals surface area contributed by atoms with E-state index in [0.29, 0.717) is 25.2 Å². The van der Waals surface area contributed by atoms with Gasteiger partial charge in [0.15, 0.2) is 18.0 Å². The zero-order chi connectivity index (χ0) is 44.4. The van der Waals surface area contributed by atoms with Crippen LogP contribution in [-0.2, 0) is 54.0 Å². The average Bonchev–Trinajstić information content (AvgIpc) is 3.53. The van der Waals surface area contributed by atoms with Crippen LogP contribution in [0.5, 0.6) is 0 Å². The quantitative estimate of drug-likeness (QED) is 0.103. The summed E-state index contributed by atoms with van der Waals surface area (Å²) in [4.78, 5) is 52.6. The number of unbranched alkanes of at least 4 members (excludes halogenated alkanes) is 1. The number of hydrogen-bond acceptors (Lipinski definition) is 16. The molecule has 1 aromatic heterocycles. The number of rotatable bonds is 15. The van der Waals surface area contributed by atoms with Gasteiger partial charge in [-0.15, -0.1) is 0 Å². The second-order valence-corrected chi connectivity index (χ2v) is 17.6. The number of carbonyl (C=O) groups is 3. The highest BCUT2D eigenvalue weighted by Crippen LogP contribution is 2.43. The molecule has 4 heterocycles. The number of likely N-dealkylation sites (N-methyl/N-ethyl adjacent to an activating group) is 1. The monoisotopic (exact) mass is 849 g/mol. The maximum Gasteiger partial charge on any atom is 0.509 e. The van der Waals surface area contributed by atoms with Gasteiger partial charge in [-0.05, 0) is 98.5 Å². The normalized spacial score (nSPS) is 37.4. The minimum Gasteiger partial charge on any atom is -0.461 e. The zero-order valence-corrected chi connectivity index (χ0v) is 37.9. The topological polar surface area (TPSA) is 186 Å². The first-order valence-electron chi connectivity index (χ1n) is 21.6. The van der Waals surface area contributed by atoms with E-state index >= 15 is 0 Å². The molecule has 0 bridgehead atoms. The van der Waals surface area contributed by atoms with Crippen molar-refractivity contribution in [3.05, 3.63) is 30.1 Å². The first-order valence-corrected chi connectivity index (χ1v) is 21.6. The number of aryl methyl sites for hydroxylation is 1. The van der Waals surface area contributed by atoms with E-state index < -0.39 is 83.9 Å². The number of aliphatic hydroxyl groups excluding tert-OH is 1. The first-order chi connectivity index (χ1) is 28.4. The zero-order valence-electron chi connectivity index (χ0n) is 37.9. The van der Waals surface area contributed by atoms with Gasteiger partial charge in [0.1, 0.15) is 25.4 Å². The summed E-state index contributed by atoms with van der Waals surface area (Å²) in [6.07, 6.45) is 0.444. The molecule has 0 aliphatic carbocycles. The number of fused-ring (bicyclic) bond motifs is 1. The molecular formula is C44H72N4O12. The Kier molecular flexibility index (Phi) is 18.1. The van der Waals surface area contributed by atoms with E-state index in [4.69, 9.17) is 38.0 Å². The largest absolute Gasteiger partial charge is 0.509 e. The van der Waals surface area contributed by atoms with Gasteiger partial charge < -0.3 is 53.3 Å². The molecule has 0 radical (unpaired) electrons. The number of hydrogen-bond donors (Lipinski definition) is 2. The van der Waals surface area contributed by atoms with Crippen molar-refractivity contribution in [3.63, 3.8) is 0 Å². The van der Waals surface area contributed by atoms with Crippen molar-refractivity contribution in [2.24, 2.45) is 28.8 Å². The second-order valence-electron chi connectivity index (χ2n) is 17.6. The molecule has 4 rings (SSSR count). The molecule has 0 amide bonds. The molecule has 3 aliphatic rings. The molecule has 60 heavy (non-hydrogen) atoms. The fraction of sp³-hybridized carbons (Fsp3) is 0.795. The number of aliphatic hydroxyl groups is 1. The van der Waals surface area contributed by atoms with Gasteiger partial charge in [-0.1, -0.05) is 38.9 Å². The molecule has 0 spiro atoms. The molecule has 0 aromatic carbocycles. The van der Waals surface area contributed by atoms with Crippen molar-refractivity contribution in [2.75, 3.05) is 41.4 Å². The molecule has 16 heteroatoms. The number of esters is 2. The van der Waals surface area contributed by atoms with Crippen LogP contribution in [0.2, 0.25) is 0 Å². The average molecular weight is 849 g/mol. The molecule has 1 aromatic rings.